The minimum Gasteiger partial charge on any atom is -0.481 e. The first kappa shape index (κ1) is 8.87. The Morgan fingerprint density at radius 1 is 1.42 bits per heavy atom. The van der Waals surface area contributed by atoms with E-state index in [1.165, 1.54) is 0 Å². The van der Waals surface area contributed by atoms with E-state index in [9.17, 15) is 4.79 Å². The zero-order valence-electron chi connectivity index (χ0n) is 6.23. The molecule has 0 aliphatic heterocycles. The van der Waals surface area contributed by atoms with Crippen LogP contribution in [0.5, 0.6) is 0 Å². The van der Waals surface area contributed by atoms with Gasteiger partial charge in [0.1, 0.15) is 5.92 Å². The van der Waals surface area contributed by atoms with Crippen LogP contribution in [0.25, 0.3) is 0 Å². The average molecular weight is 179 g/mol. The molecule has 2 nitrogen and oxygen atoms in total. The van der Waals surface area contributed by atoms with Crippen molar-refractivity contribution in [1.82, 2.24) is 0 Å². The third-order valence-corrected chi connectivity index (χ3v) is 1.73. The van der Waals surface area contributed by atoms with E-state index in [1.807, 2.05) is 6.07 Å². The van der Waals surface area contributed by atoms with E-state index in [0.29, 0.717) is 5.56 Å². The van der Waals surface area contributed by atoms with Crippen molar-refractivity contribution in [2.75, 3.05) is 0 Å². The normalized spacial score (nSPS) is 12.0. The number of thiocarbonyl (C=S) groups is 1. The van der Waals surface area contributed by atoms with Gasteiger partial charge in [-0.2, -0.15) is 0 Å². The first-order valence-electron chi connectivity index (χ1n) is 3.41. The Kier molecular flexibility index (Phi) is 2.94. The molecule has 1 unspecified atom stereocenters. The second-order valence-corrected chi connectivity index (χ2v) is 2.54. The standard InChI is InChI=1S/C9H7O2S/c10-9(11)8(6-12)7-4-2-1-3-5-7/h1-5,8H,(H,10,11). The van der Waals surface area contributed by atoms with E-state index in [-0.39, 0.29) is 0 Å². The molecule has 0 saturated heterocycles. The summed E-state index contributed by atoms with van der Waals surface area (Å²) < 4.78 is 0. The van der Waals surface area contributed by atoms with E-state index in [4.69, 9.17) is 5.11 Å². The molecule has 0 aromatic heterocycles. The number of carboxylic acids is 1. The number of carbonyl (C=O) groups is 1. The molecule has 1 atom stereocenters. The zero-order chi connectivity index (χ0) is 8.97. The fourth-order valence-electron chi connectivity index (χ4n) is 0.907. The van der Waals surface area contributed by atoms with E-state index in [0.717, 1.165) is 0 Å². The van der Waals surface area contributed by atoms with Crippen LogP contribution in [0, 0.1) is 0 Å². The number of hydrogen-bond donors (Lipinski definition) is 1. The van der Waals surface area contributed by atoms with Crippen LogP contribution in [-0.4, -0.2) is 16.4 Å². The van der Waals surface area contributed by atoms with Gasteiger partial charge in [-0.15, -0.1) is 0 Å². The molecule has 1 rings (SSSR count). The molecule has 61 valence electrons. The zero-order valence-corrected chi connectivity index (χ0v) is 7.04. The highest BCUT2D eigenvalue weighted by atomic mass is 32.1. The second-order valence-electron chi connectivity index (χ2n) is 2.30. The summed E-state index contributed by atoms with van der Waals surface area (Å²) in [5, 5.41) is 11.0. The van der Waals surface area contributed by atoms with E-state index in [1.54, 1.807) is 24.3 Å². The monoisotopic (exact) mass is 179 g/mol. The van der Waals surface area contributed by atoms with Crippen LogP contribution in [-0.2, 0) is 4.79 Å². The van der Waals surface area contributed by atoms with Crippen LogP contribution in [0.1, 0.15) is 11.5 Å². The van der Waals surface area contributed by atoms with Gasteiger partial charge >= 0.3 is 5.97 Å². The van der Waals surface area contributed by atoms with Crippen molar-refractivity contribution in [1.29, 1.82) is 0 Å². The molecule has 1 radical (unpaired) electrons. The maximum atomic E-state index is 10.6. The van der Waals surface area contributed by atoms with Crippen molar-refractivity contribution in [3.05, 3.63) is 35.9 Å². The summed E-state index contributed by atoms with van der Waals surface area (Å²) in [7, 11) is 0. The van der Waals surface area contributed by atoms with Gasteiger partial charge in [-0.3, -0.25) is 4.79 Å². The Morgan fingerprint density at radius 3 is 2.42 bits per heavy atom. The lowest BCUT2D eigenvalue weighted by Gasteiger charge is -2.04. The van der Waals surface area contributed by atoms with Gasteiger partial charge in [-0.25, -0.2) is 0 Å². The highest BCUT2D eigenvalue weighted by Crippen LogP contribution is 2.12. The van der Waals surface area contributed by atoms with Gasteiger partial charge in [0.25, 0.3) is 0 Å². The van der Waals surface area contributed by atoms with Gasteiger partial charge in [0.05, 0.1) is 0 Å². The summed E-state index contributed by atoms with van der Waals surface area (Å²) in [6.07, 6.45) is 0. The molecule has 1 aromatic carbocycles. The maximum Gasteiger partial charge on any atom is 0.316 e. The first-order chi connectivity index (χ1) is 5.75. The maximum absolute atomic E-state index is 10.6. The molecule has 0 bridgehead atoms. The van der Waals surface area contributed by atoms with E-state index in [2.05, 4.69) is 17.6 Å². The number of rotatable bonds is 3. The van der Waals surface area contributed by atoms with Crippen molar-refractivity contribution in [3.8, 4) is 0 Å². The van der Waals surface area contributed by atoms with Crippen molar-refractivity contribution in [2.24, 2.45) is 0 Å². The van der Waals surface area contributed by atoms with Gasteiger partial charge in [-0.05, 0) is 5.56 Å². The fourth-order valence-corrected chi connectivity index (χ4v) is 1.14. The Bertz CT molecular complexity index is 282. The van der Waals surface area contributed by atoms with Crippen molar-refractivity contribution < 1.29 is 9.90 Å². The molecule has 0 aliphatic rings. The lowest BCUT2D eigenvalue weighted by atomic mass is 10.0. The minimum absolute atomic E-state index is 0.667. The molecular formula is C9H7O2S. The van der Waals surface area contributed by atoms with Crippen LogP contribution < -0.4 is 0 Å². The van der Waals surface area contributed by atoms with Gasteiger partial charge in [-0.1, -0.05) is 42.5 Å². The predicted octanol–water partition coefficient (Wildman–Crippen LogP) is 1.73. The Labute approximate surface area is 75.8 Å². The van der Waals surface area contributed by atoms with Gasteiger partial charge in [0, 0.05) is 5.37 Å². The van der Waals surface area contributed by atoms with Gasteiger partial charge in [0.15, 0.2) is 0 Å². The number of aliphatic carboxylic acids is 1. The molecule has 0 aliphatic carbocycles. The second kappa shape index (κ2) is 3.97. The largest absolute Gasteiger partial charge is 0.481 e. The van der Waals surface area contributed by atoms with Crippen molar-refractivity contribution >= 4 is 23.6 Å². The summed E-state index contributed by atoms with van der Waals surface area (Å²) in [4.78, 5) is 10.6. The molecule has 3 heteroatoms. The summed E-state index contributed by atoms with van der Waals surface area (Å²) >= 11 is 4.50. The van der Waals surface area contributed by atoms with Crippen LogP contribution in [0.15, 0.2) is 30.3 Å². The molecule has 0 spiro atoms. The topological polar surface area (TPSA) is 37.3 Å². The summed E-state index contributed by atoms with van der Waals surface area (Å²) in [6.45, 7) is 0. The van der Waals surface area contributed by atoms with Crippen molar-refractivity contribution in [3.63, 3.8) is 0 Å². The summed E-state index contributed by atoms with van der Waals surface area (Å²) in [6, 6.07) is 8.82. The van der Waals surface area contributed by atoms with Crippen LogP contribution in [0.2, 0.25) is 0 Å². The van der Waals surface area contributed by atoms with E-state index < -0.39 is 11.9 Å². The molecule has 0 fully saturated rings. The molecule has 1 aromatic rings. The molecule has 1 N–H and O–H groups in total. The van der Waals surface area contributed by atoms with Crippen molar-refractivity contribution in [2.45, 2.75) is 5.92 Å². The Hall–Kier alpha value is -1.22. The van der Waals surface area contributed by atoms with Gasteiger partial charge in [0.2, 0.25) is 0 Å². The predicted molar refractivity (Wildman–Crippen MR) is 49.4 cm³/mol. The SMILES string of the molecule is O=C(O)C([C]=S)c1ccccc1. The number of hydrogen-bond acceptors (Lipinski definition) is 2. The minimum atomic E-state index is -0.962. The molecule has 0 saturated carbocycles. The fraction of sp³-hybridized carbons (Fsp3) is 0.111. The van der Waals surface area contributed by atoms with E-state index >= 15 is 0 Å². The number of benzene rings is 1. The van der Waals surface area contributed by atoms with Crippen LogP contribution in [0.3, 0.4) is 0 Å². The smallest absolute Gasteiger partial charge is 0.316 e. The third-order valence-electron chi connectivity index (χ3n) is 1.50. The Balaban J connectivity index is 2.95. The Morgan fingerprint density at radius 2 is 2.00 bits per heavy atom. The average Bonchev–Trinajstić information content (AvgIpc) is 2.07. The molecular weight excluding hydrogens is 172 g/mol. The molecule has 0 amide bonds. The third kappa shape index (κ3) is 1.89. The van der Waals surface area contributed by atoms with Crippen LogP contribution >= 0.6 is 12.2 Å². The number of carboxylic acid groups (broad SMARTS) is 1. The highest BCUT2D eigenvalue weighted by Gasteiger charge is 2.16. The first-order valence-corrected chi connectivity index (χ1v) is 3.82. The summed E-state index contributed by atoms with van der Waals surface area (Å²) in [5.74, 6) is -1.75. The van der Waals surface area contributed by atoms with Gasteiger partial charge < -0.3 is 5.11 Å². The van der Waals surface area contributed by atoms with Crippen LogP contribution in [0.4, 0.5) is 0 Å². The lowest BCUT2D eigenvalue weighted by Crippen LogP contribution is -2.11. The molecule has 0 heterocycles. The quantitative estimate of drug-likeness (QED) is 0.718. The lowest BCUT2D eigenvalue weighted by molar-refractivity contribution is -0.136. The highest BCUT2D eigenvalue weighted by molar-refractivity contribution is 7.79. The summed E-state index contributed by atoms with van der Waals surface area (Å²) in [5.41, 5.74) is 0.667. The molecule has 12 heavy (non-hydrogen) atoms.